The van der Waals surface area contributed by atoms with Crippen molar-refractivity contribution < 1.29 is 13.9 Å². The molecular weight excluding hydrogens is 389 g/mol. The summed E-state index contributed by atoms with van der Waals surface area (Å²) in [5.41, 5.74) is 4.63. The van der Waals surface area contributed by atoms with Gasteiger partial charge in [0, 0.05) is 45.5 Å². The molecule has 1 saturated heterocycles. The average molecular weight is 418 g/mol. The van der Waals surface area contributed by atoms with Gasteiger partial charge in [0.05, 0.1) is 29.3 Å². The van der Waals surface area contributed by atoms with Gasteiger partial charge in [-0.2, -0.15) is 0 Å². The lowest BCUT2D eigenvalue weighted by atomic mass is 9.79. The first-order valence-corrected chi connectivity index (χ1v) is 11.1. The average Bonchev–Trinajstić information content (AvgIpc) is 3.22. The van der Waals surface area contributed by atoms with E-state index in [4.69, 9.17) is 4.74 Å². The highest BCUT2D eigenvalue weighted by molar-refractivity contribution is 7.07. The fourth-order valence-corrected chi connectivity index (χ4v) is 5.20. The monoisotopic (exact) mass is 417 g/mol. The first kappa shape index (κ1) is 20.4. The largest absolute Gasteiger partial charge is 0.370 e. The number of ether oxygens (including phenoxy) is 1. The molecule has 0 bridgehead atoms. The molecule has 1 fully saturated rings. The highest BCUT2D eigenvalue weighted by atomic mass is 32.1. The summed E-state index contributed by atoms with van der Waals surface area (Å²) in [6.07, 6.45) is 3.15. The van der Waals surface area contributed by atoms with Gasteiger partial charge in [-0.05, 0) is 42.5 Å². The van der Waals surface area contributed by atoms with Gasteiger partial charge in [-0.25, -0.2) is 9.37 Å². The lowest BCUT2D eigenvalue weighted by Crippen LogP contribution is -2.49. The molecule has 29 heavy (non-hydrogen) atoms. The summed E-state index contributed by atoms with van der Waals surface area (Å²) in [7, 11) is 3.62. The number of hydrogen-bond acceptors (Lipinski definition) is 5. The number of fused-ring (bicyclic) bond motifs is 2. The molecule has 1 aromatic heterocycles. The van der Waals surface area contributed by atoms with E-state index in [-0.39, 0.29) is 23.2 Å². The van der Waals surface area contributed by atoms with Crippen molar-refractivity contribution in [1.29, 1.82) is 0 Å². The molecule has 7 heteroatoms. The fourth-order valence-electron chi connectivity index (χ4n) is 4.63. The Balaban J connectivity index is 1.45. The zero-order chi connectivity index (χ0) is 20.4. The van der Waals surface area contributed by atoms with Crippen LogP contribution in [0.2, 0.25) is 0 Å². The minimum Gasteiger partial charge on any atom is -0.370 e. The molecule has 156 valence electrons. The van der Waals surface area contributed by atoms with Crippen LogP contribution in [0.25, 0.3) is 0 Å². The molecule has 1 unspecified atom stereocenters. The number of carbonyl (C=O) groups is 1. The van der Waals surface area contributed by atoms with Crippen molar-refractivity contribution >= 4 is 17.2 Å². The van der Waals surface area contributed by atoms with Crippen molar-refractivity contribution in [3.63, 3.8) is 0 Å². The molecule has 1 spiro atoms. The molecule has 5 nitrogen and oxygen atoms in total. The highest BCUT2D eigenvalue weighted by Gasteiger charge is 2.41. The van der Waals surface area contributed by atoms with Crippen molar-refractivity contribution in [3.05, 3.63) is 51.7 Å². The zero-order valence-corrected chi connectivity index (χ0v) is 17.9. The molecule has 4 rings (SSSR count). The number of thiazole rings is 1. The smallest absolute Gasteiger partial charge is 0.226 e. The van der Waals surface area contributed by atoms with E-state index in [1.54, 1.807) is 28.4 Å². The Morgan fingerprint density at radius 2 is 2.17 bits per heavy atom. The van der Waals surface area contributed by atoms with Crippen molar-refractivity contribution in [2.75, 3.05) is 40.3 Å². The van der Waals surface area contributed by atoms with Crippen LogP contribution in [0.1, 0.15) is 29.7 Å². The predicted molar refractivity (Wildman–Crippen MR) is 111 cm³/mol. The first-order chi connectivity index (χ1) is 14.0. The summed E-state index contributed by atoms with van der Waals surface area (Å²) >= 11 is 1.56. The minimum absolute atomic E-state index is 0.113. The van der Waals surface area contributed by atoms with Gasteiger partial charge in [-0.15, -0.1) is 11.3 Å². The Morgan fingerprint density at radius 3 is 2.86 bits per heavy atom. The Hall–Kier alpha value is -1.83. The molecule has 3 heterocycles. The van der Waals surface area contributed by atoms with E-state index < -0.39 is 0 Å². The van der Waals surface area contributed by atoms with E-state index in [9.17, 15) is 9.18 Å². The lowest BCUT2D eigenvalue weighted by molar-refractivity contribution is -0.134. The standard InChI is InChI=1S/C22H28FN3O2S/c1-25(2)21(27)17(11-19-14-29-15-24-19)13-26-8-6-22(7-9-26)20-12-18(23)4-3-16(20)5-10-28-22/h3-4,12,14-15,17H,5-11,13H2,1-2H3. The third kappa shape index (κ3) is 4.37. The molecule has 0 N–H and O–H groups in total. The van der Waals surface area contributed by atoms with Gasteiger partial charge in [0.1, 0.15) is 5.82 Å². The number of nitrogens with zero attached hydrogens (tertiary/aromatic N) is 3. The van der Waals surface area contributed by atoms with Gasteiger partial charge in [-0.3, -0.25) is 4.79 Å². The molecule has 2 aliphatic rings. The molecule has 0 saturated carbocycles. The number of halogens is 1. The van der Waals surface area contributed by atoms with Crippen molar-refractivity contribution in [1.82, 2.24) is 14.8 Å². The molecule has 1 atom stereocenters. The second-order valence-electron chi connectivity index (χ2n) is 8.31. The summed E-state index contributed by atoms with van der Waals surface area (Å²) in [6, 6.07) is 5.11. The van der Waals surface area contributed by atoms with Crippen LogP contribution in [0.4, 0.5) is 4.39 Å². The molecule has 1 amide bonds. The van der Waals surface area contributed by atoms with Gasteiger partial charge in [0.25, 0.3) is 0 Å². The first-order valence-electron chi connectivity index (χ1n) is 10.2. The molecule has 0 aliphatic carbocycles. The topological polar surface area (TPSA) is 45.7 Å². The van der Waals surface area contributed by atoms with Gasteiger partial charge in [-0.1, -0.05) is 6.07 Å². The number of benzene rings is 1. The number of piperidine rings is 1. The predicted octanol–water partition coefficient (Wildman–Crippen LogP) is 3.09. The summed E-state index contributed by atoms with van der Waals surface area (Å²) in [5, 5.41) is 2.02. The normalized spacial score (nSPS) is 19.7. The van der Waals surface area contributed by atoms with Gasteiger partial charge in [0.2, 0.25) is 5.91 Å². The maximum absolute atomic E-state index is 13.9. The third-order valence-electron chi connectivity index (χ3n) is 6.18. The van der Waals surface area contributed by atoms with Crippen LogP contribution in [0.5, 0.6) is 0 Å². The Bertz CT molecular complexity index is 848. The van der Waals surface area contributed by atoms with Crippen molar-refractivity contribution in [3.8, 4) is 0 Å². The van der Waals surface area contributed by atoms with E-state index >= 15 is 0 Å². The summed E-state index contributed by atoms with van der Waals surface area (Å²) in [4.78, 5) is 21.1. The van der Waals surface area contributed by atoms with Crippen LogP contribution in [-0.2, 0) is 28.0 Å². The van der Waals surface area contributed by atoms with E-state index in [1.807, 2.05) is 31.1 Å². The maximum Gasteiger partial charge on any atom is 0.226 e. The second-order valence-corrected chi connectivity index (χ2v) is 9.03. The summed E-state index contributed by atoms with van der Waals surface area (Å²) in [5.74, 6) is -0.172. The summed E-state index contributed by atoms with van der Waals surface area (Å²) < 4.78 is 20.1. The van der Waals surface area contributed by atoms with Crippen LogP contribution < -0.4 is 0 Å². The number of aromatic nitrogens is 1. The number of likely N-dealkylation sites (tertiary alicyclic amines) is 1. The Morgan fingerprint density at radius 1 is 1.38 bits per heavy atom. The van der Waals surface area contributed by atoms with E-state index in [0.29, 0.717) is 19.6 Å². The highest BCUT2D eigenvalue weighted by Crippen LogP contribution is 2.41. The molecular formula is C22H28FN3O2S. The Labute approximate surface area is 175 Å². The second kappa shape index (κ2) is 8.50. The van der Waals surface area contributed by atoms with Gasteiger partial charge in [0.15, 0.2) is 0 Å². The maximum atomic E-state index is 13.9. The Kier molecular flexibility index (Phi) is 5.99. The van der Waals surface area contributed by atoms with Gasteiger partial charge < -0.3 is 14.5 Å². The van der Waals surface area contributed by atoms with Crippen molar-refractivity contribution in [2.24, 2.45) is 5.92 Å². The zero-order valence-electron chi connectivity index (χ0n) is 17.1. The number of carbonyl (C=O) groups excluding carboxylic acids is 1. The van der Waals surface area contributed by atoms with Crippen LogP contribution in [0.15, 0.2) is 29.1 Å². The van der Waals surface area contributed by atoms with Gasteiger partial charge >= 0.3 is 0 Å². The van der Waals surface area contributed by atoms with E-state index in [0.717, 1.165) is 43.6 Å². The van der Waals surface area contributed by atoms with Crippen LogP contribution in [0, 0.1) is 11.7 Å². The number of amides is 1. The van der Waals surface area contributed by atoms with Crippen molar-refractivity contribution in [2.45, 2.75) is 31.3 Å². The lowest BCUT2D eigenvalue weighted by Gasteiger charge is -2.45. The SMILES string of the molecule is CN(C)C(=O)C(Cc1cscn1)CN1CCC2(CC1)OCCc1ccc(F)cc12. The van der Waals surface area contributed by atoms with Crippen LogP contribution in [0.3, 0.4) is 0 Å². The van der Waals surface area contributed by atoms with Crippen LogP contribution >= 0.6 is 11.3 Å². The van der Waals surface area contributed by atoms with Crippen LogP contribution in [-0.4, -0.2) is 61.0 Å². The molecule has 1 aromatic carbocycles. The minimum atomic E-state index is -0.387. The van der Waals surface area contributed by atoms with E-state index in [2.05, 4.69) is 9.88 Å². The quantitative estimate of drug-likeness (QED) is 0.750. The number of hydrogen-bond donors (Lipinski definition) is 0. The molecule has 0 radical (unpaired) electrons. The van der Waals surface area contributed by atoms with E-state index in [1.165, 1.54) is 5.56 Å². The summed E-state index contributed by atoms with van der Waals surface area (Å²) in [6.45, 7) is 3.07. The third-order valence-corrected chi connectivity index (χ3v) is 6.82. The molecule has 2 aromatic rings. The number of rotatable bonds is 5. The fraction of sp³-hybridized carbons (Fsp3) is 0.545. The molecule has 2 aliphatic heterocycles.